The van der Waals surface area contributed by atoms with E-state index >= 15 is 0 Å². The van der Waals surface area contributed by atoms with E-state index in [1.807, 2.05) is 12.1 Å². The second kappa shape index (κ2) is 11.9. The molecular formula is C26H40O4. The Morgan fingerprint density at radius 3 is 2.30 bits per heavy atom. The highest BCUT2D eigenvalue weighted by Crippen LogP contribution is 2.40. The number of hydrogen-bond donors (Lipinski definition) is 1. The quantitative estimate of drug-likeness (QED) is 0.427. The summed E-state index contributed by atoms with van der Waals surface area (Å²) in [4.78, 5) is 11.0. The predicted molar refractivity (Wildman–Crippen MR) is 120 cm³/mol. The number of aromatic carboxylic acids is 1. The number of carboxylic acids is 1. The third-order valence-corrected chi connectivity index (χ3v) is 7.20. The summed E-state index contributed by atoms with van der Waals surface area (Å²) in [5.74, 6) is 0.680. The summed E-state index contributed by atoms with van der Waals surface area (Å²) < 4.78 is 12.5. The second-order valence-corrected chi connectivity index (χ2v) is 9.40. The van der Waals surface area contributed by atoms with Crippen LogP contribution in [0.4, 0.5) is 0 Å². The molecule has 2 fully saturated rings. The van der Waals surface area contributed by atoms with Gasteiger partial charge in [0.15, 0.2) is 6.29 Å². The van der Waals surface area contributed by atoms with Gasteiger partial charge in [-0.05, 0) is 62.6 Å². The third kappa shape index (κ3) is 6.55. The zero-order chi connectivity index (χ0) is 21.3. The molecule has 4 nitrogen and oxygen atoms in total. The summed E-state index contributed by atoms with van der Waals surface area (Å²) >= 11 is 0. The van der Waals surface area contributed by atoms with Crippen LogP contribution in [0.1, 0.15) is 106 Å². The molecular weight excluding hydrogens is 376 g/mol. The molecule has 1 aliphatic heterocycles. The molecule has 3 rings (SSSR count). The summed E-state index contributed by atoms with van der Waals surface area (Å²) in [5.41, 5.74) is 1.62. The first-order valence-corrected chi connectivity index (χ1v) is 12.2. The van der Waals surface area contributed by atoms with Crippen molar-refractivity contribution in [2.75, 3.05) is 6.61 Å². The van der Waals surface area contributed by atoms with Crippen LogP contribution in [0.15, 0.2) is 24.3 Å². The van der Waals surface area contributed by atoms with Crippen molar-refractivity contribution in [3.05, 3.63) is 35.4 Å². The summed E-state index contributed by atoms with van der Waals surface area (Å²) in [6, 6.07) is 7.42. The number of carboxylic acid groups (broad SMARTS) is 1. The van der Waals surface area contributed by atoms with Gasteiger partial charge >= 0.3 is 5.97 Å². The van der Waals surface area contributed by atoms with Gasteiger partial charge in [-0.2, -0.15) is 0 Å². The Balaban J connectivity index is 1.37. The fourth-order valence-electron chi connectivity index (χ4n) is 5.09. The molecule has 30 heavy (non-hydrogen) atoms. The first-order valence-electron chi connectivity index (χ1n) is 12.2. The van der Waals surface area contributed by atoms with Gasteiger partial charge in [-0.3, -0.25) is 0 Å². The highest BCUT2D eigenvalue weighted by molar-refractivity contribution is 5.87. The molecule has 0 amide bonds. The van der Waals surface area contributed by atoms with Crippen molar-refractivity contribution in [3.63, 3.8) is 0 Å². The molecule has 0 radical (unpaired) electrons. The van der Waals surface area contributed by atoms with Crippen molar-refractivity contribution in [3.8, 4) is 0 Å². The summed E-state index contributed by atoms with van der Waals surface area (Å²) in [5, 5.41) is 9.07. The molecule has 3 atom stereocenters. The highest BCUT2D eigenvalue weighted by Gasteiger charge is 2.35. The van der Waals surface area contributed by atoms with Crippen LogP contribution in [-0.4, -0.2) is 30.1 Å². The Morgan fingerprint density at radius 2 is 1.67 bits per heavy atom. The molecule has 1 aliphatic carbocycles. The van der Waals surface area contributed by atoms with Crippen molar-refractivity contribution >= 4 is 5.97 Å². The lowest BCUT2D eigenvalue weighted by atomic mass is 9.78. The van der Waals surface area contributed by atoms with Crippen LogP contribution in [0.3, 0.4) is 0 Å². The molecule has 0 aromatic heterocycles. The number of ether oxygens (including phenoxy) is 2. The van der Waals surface area contributed by atoms with Crippen molar-refractivity contribution < 1.29 is 19.4 Å². The van der Waals surface area contributed by atoms with Gasteiger partial charge in [0.1, 0.15) is 0 Å². The maximum absolute atomic E-state index is 11.0. The van der Waals surface area contributed by atoms with Gasteiger partial charge in [-0.1, -0.05) is 57.6 Å². The minimum Gasteiger partial charge on any atom is -0.478 e. The largest absolute Gasteiger partial charge is 0.478 e. The van der Waals surface area contributed by atoms with Gasteiger partial charge in [0.05, 0.1) is 18.3 Å². The van der Waals surface area contributed by atoms with E-state index in [1.165, 1.54) is 50.5 Å². The normalized spacial score (nSPS) is 29.6. The van der Waals surface area contributed by atoms with Crippen molar-refractivity contribution in [1.29, 1.82) is 0 Å². The lowest BCUT2D eigenvalue weighted by Gasteiger charge is -2.40. The number of hydrogen-bond acceptors (Lipinski definition) is 3. The average Bonchev–Trinajstić information content (AvgIpc) is 2.77. The molecule has 3 unspecified atom stereocenters. The summed E-state index contributed by atoms with van der Waals surface area (Å²) in [6.07, 6.45) is 14.0. The van der Waals surface area contributed by atoms with Crippen molar-refractivity contribution in [2.45, 2.75) is 103 Å². The van der Waals surface area contributed by atoms with E-state index in [-0.39, 0.29) is 6.29 Å². The fraction of sp³-hybridized carbons (Fsp3) is 0.731. The Bertz CT molecular complexity index is 633. The lowest BCUT2D eigenvalue weighted by Crippen LogP contribution is -2.42. The lowest BCUT2D eigenvalue weighted by molar-refractivity contribution is -0.257. The van der Waals surface area contributed by atoms with Gasteiger partial charge in [0.2, 0.25) is 0 Å². The van der Waals surface area contributed by atoms with Gasteiger partial charge in [0.25, 0.3) is 0 Å². The van der Waals surface area contributed by atoms with Gasteiger partial charge in [0, 0.05) is 11.8 Å². The van der Waals surface area contributed by atoms with Crippen LogP contribution in [0.5, 0.6) is 0 Å². The predicted octanol–water partition coefficient (Wildman–Crippen LogP) is 6.79. The third-order valence-electron chi connectivity index (χ3n) is 7.20. The highest BCUT2D eigenvalue weighted by atomic mass is 16.7. The molecule has 1 heterocycles. The van der Waals surface area contributed by atoms with Crippen molar-refractivity contribution in [1.82, 2.24) is 0 Å². The molecule has 2 aliphatic rings. The SMILES string of the molecule is CCCCCCCCC1COC(C2CCC(c3ccc(C(=O)O)cc3)CC2)OC1C. The van der Waals surface area contributed by atoms with Crippen molar-refractivity contribution in [2.24, 2.45) is 11.8 Å². The molecule has 4 heteroatoms. The molecule has 1 N–H and O–H groups in total. The second-order valence-electron chi connectivity index (χ2n) is 9.40. The van der Waals surface area contributed by atoms with Crippen LogP contribution in [0.2, 0.25) is 0 Å². The Kier molecular flexibility index (Phi) is 9.20. The molecule has 1 aromatic carbocycles. The smallest absolute Gasteiger partial charge is 0.335 e. The van der Waals surface area contributed by atoms with E-state index in [4.69, 9.17) is 14.6 Å². The topological polar surface area (TPSA) is 55.8 Å². The van der Waals surface area contributed by atoms with Crippen LogP contribution >= 0.6 is 0 Å². The zero-order valence-electron chi connectivity index (χ0n) is 18.9. The molecule has 1 saturated carbocycles. The summed E-state index contributed by atoms with van der Waals surface area (Å²) in [6.45, 7) is 5.34. The first-order chi connectivity index (χ1) is 14.6. The molecule has 1 aromatic rings. The standard InChI is InChI=1S/C26H40O4/c1-3-4-5-6-7-8-9-24-18-29-26(30-19(24)2)23-16-12-21(13-17-23)20-10-14-22(15-11-20)25(27)28/h10-11,14-15,19,21,23-24,26H,3-9,12-13,16-18H2,1-2H3,(H,27,28). The number of rotatable bonds is 10. The molecule has 1 saturated heterocycles. The number of carbonyl (C=O) groups is 1. The van der Waals surface area contributed by atoms with E-state index in [0.717, 1.165) is 32.3 Å². The van der Waals surface area contributed by atoms with Crippen LogP contribution in [-0.2, 0) is 9.47 Å². The molecule has 168 valence electrons. The Hall–Kier alpha value is -1.39. The Labute approximate surface area is 182 Å². The van der Waals surface area contributed by atoms with E-state index in [1.54, 1.807) is 12.1 Å². The zero-order valence-corrected chi connectivity index (χ0v) is 18.9. The molecule has 0 bridgehead atoms. The maximum Gasteiger partial charge on any atom is 0.335 e. The maximum atomic E-state index is 11.0. The monoisotopic (exact) mass is 416 g/mol. The van der Waals surface area contributed by atoms with Crippen LogP contribution in [0, 0.1) is 11.8 Å². The van der Waals surface area contributed by atoms with E-state index in [2.05, 4.69) is 13.8 Å². The Morgan fingerprint density at radius 1 is 1.00 bits per heavy atom. The minimum absolute atomic E-state index is 0.0452. The number of benzene rings is 1. The number of unbranched alkanes of at least 4 members (excludes halogenated alkanes) is 5. The summed E-state index contributed by atoms with van der Waals surface area (Å²) in [7, 11) is 0. The average molecular weight is 417 g/mol. The van der Waals surface area contributed by atoms with E-state index in [0.29, 0.717) is 29.4 Å². The molecule has 0 spiro atoms. The van der Waals surface area contributed by atoms with Crippen LogP contribution in [0.25, 0.3) is 0 Å². The van der Waals surface area contributed by atoms with E-state index < -0.39 is 5.97 Å². The minimum atomic E-state index is -0.860. The van der Waals surface area contributed by atoms with Gasteiger partial charge in [-0.15, -0.1) is 0 Å². The fourth-order valence-corrected chi connectivity index (χ4v) is 5.09. The van der Waals surface area contributed by atoms with Gasteiger partial charge in [-0.25, -0.2) is 4.79 Å². The van der Waals surface area contributed by atoms with E-state index in [9.17, 15) is 4.79 Å². The van der Waals surface area contributed by atoms with Crippen LogP contribution < -0.4 is 0 Å². The first kappa shape index (κ1) is 23.3. The van der Waals surface area contributed by atoms with Gasteiger partial charge < -0.3 is 14.6 Å².